The Bertz CT molecular complexity index is 1570. The second-order valence-electron chi connectivity index (χ2n) is 10.1. The van der Waals surface area contributed by atoms with Crippen molar-refractivity contribution in [1.29, 1.82) is 0 Å². The van der Waals surface area contributed by atoms with Gasteiger partial charge in [-0.05, 0) is 42.5 Å². The van der Waals surface area contributed by atoms with E-state index in [0.29, 0.717) is 24.2 Å². The van der Waals surface area contributed by atoms with Gasteiger partial charge in [0.05, 0.1) is 0 Å². The number of hydrogen-bond acceptors (Lipinski definition) is 13. The van der Waals surface area contributed by atoms with Gasteiger partial charge in [0, 0.05) is 96.0 Å². The molecule has 0 bridgehead atoms. The molecule has 5 rings (SSSR count). The van der Waals surface area contributed by atoms with Crippen molar-refractivity contribution >= 4 is 37.8 Å². The zero-order valence-electron chi connectivity index (χ0n) is 27.5. The summed E-state index contributed by atoms with van der Waals surface area (Å²) < 4.78 is 0. The van der Waals surface area contributed by atoms with Crippen LogP contribution >= 0.6 is 0 Å². The second-order valence-corrected chi connectivity index (χ2v) is 10.1. The SMILES string of the molecule is O=C1C=CC=CC1=CNCCNC=C1C=CC=CC1=O.Oc1ccccc1C(O)O.Oc1ccccc1C(O)O.Oc1ccccc1C(O)O.[Bi].[Ni]. The zero-order chi connectivity index (χ0) is 36.9. The van der Waals surface area contributed by atoms with E-state index >= 15 is 0 Å². The number of aliphatic hydroxyl groups is 6. The summed E-state index contributed by atoms with van der Waals surface area (Å²) in [7, 11) is 0. The zero-order valence-corrected chi connectivity index (χ0v) is 31.9. The van der Waals surface area contributed by atoms with Crippen molar-refractivity contribution in [1.82, 2.24) is 10.6 Å². The van der Waals surface area contributed by atoms with E-state index < -0.39 is 18.9 Å². The van der Waals surface area contributed by atoms with Gasteiger partial charge in [-0.1, -0.05) is 78.9 Å². The molecule has 3 aromatic rings. The first-order chi connectivity index (χ1) is 23.9. The molecule has 0 saturated heterocycles. The third kappa shape index (κ3) is 17.7. The van der Waals surface area contributed by atoms with E-state index in [1.165, 1.54) is 48.6 Å². The normalized spacial score (nSPS) is 14.0. The average molecular weight is 956 g/mol. The van der Waals surface area contributed by atoms with Gasteiger partial charge in [-0.2, -0.15) is 0 Å². The van der Waals surface area contributed by atoms with Gasteiger partial charge in [0.25, 0.3) is 0 Å². The molecule has 0 aliphatic heterocycles. The Labute approximate surface area is 329 Å². The summed E-state index contributed by atoms with van der Waals surface area (Å²) >= 11 is 0. The number of phenols is 3. The molecule has 0 atom stereocenters. The Kier molecular flexibility index (Phi) is 24.1. The maximum atomic E-state index is 11.4. The second kappa shape index (κ2) is 26.4. The summed E-state index contributed by atoms with van der Waals surface area (Å²) in [5, 5.41) is 84.6. The van der Waals surface area contributed by atoms with Gasteiger partial charge in [0.1, 0.15) is 17.2 Å². The van der Waals surface area contributed by atoms with Gasteiger partial charge in [-0.15, -0.1) is 0 Å². The maximum Gasteiger partial charge on any atom is 0.187 e. The van der Waals surface area contributed by atoms with Gasteiger partial charge >= 0.3 is 0 Å². The van der Waals surface area contributed by atoms with E-state index in [4.69, 9.17) is 46.0 Å². The molecule has 3 radical (unpaired) electrons. The number of nitrogens with one attached hydrogen (secondary N) is 2. The molecule has 3 aromatic carbocycles. The maximum absolute atomic E-state index is 11.4. The Hall–Kier alpha value is -4.42. The van der Waals surface area contributed by atoms with Crippen molar-refractivity contribution in [3.05, 3.63) is 162 Å². The minimum atomic E-state index is -1.60. The Balaban J connectivity index is 0.000000699. The predicted octanol–water partition coefficient (Wildman–Crippen LogP) is 2.07. The molecule has 279 valence electrons. The number of aliphatic hydroxyl groups excluding tert-OH is 3. The van der Waals surface area contributed by atoms with Crippen LogP contribution in [0.15, 0.2) is 145 Å². The van der Waals surface area contributed by atoms with E-state index in [-0.39, 0.29) is 88.2 Å². The van der Waals surface area contributed by atoms with Gasteiger partial charge < -0.3 is 56.6 Å². The molecule has 11 N–H and O–H groups in total. The number of aromatic hydroxyl groups is 3. The number of rotatable bonds is 8. The van der Waals surface area contributed by atoms with E-state index in [0.717, 1.165) is 0 Å². The molecule has 13 nitrogen and oxygen atoms in total. The molecule has 2 aliphatic carbocycles. The van der Waals surface area contributed by atoms with Crippen LogP contribution in [0.1, 0.15) is 35.6 Å². The molecule has 52 heavy (non-hydrogen) atoms. The monoisotopic (exact) mass is 955 g/mol. The molecular formula is C37H40BiN2NiO11. The number of benzene rings is 3. The number of carbonyl (C=O) groups excluding carboxylic acids is 2. The summed E-state index contributed by atoms with van der Waals surface area (Å²) in [6.45, 7) is 1.32. The molecule has 15 heteroatoms. The fraction of sp³-hybridized carbons (Fsp3) is 0.135. The fourth-order valence-corrected chi connectivity index (χ4v) is 3.83. The van der Waals surface area contributed by atoms with E-state index in [9.17, 15) is 9.59 Å². The standard InChI is InChI=1S/C16H16N2O2.3C7H8O3.Bi.Ni/c19-15-7-3-1-5-13(15)11-17-9-10-18-12-14-6-2-4-8-16(14)20;3*8-6-4-2-1-3-5(6)7(9)10;;/h1-8,11-12,17-18H,9-10H2;3*1-4,7-10H;;. The van der Waals surface area contributed by atoms with Crippen LogP contribution in [0.4, 0.5) is 0 Å². The molecule has 2 aliphatic rings. The number of allylic oxidation sites excluding steroid dienone is 10. The number of ketones is 2. The summed E-state index contributed by atoms with van der Waals surface area (Å²) in [5.41, 5.74) is 1.66. The Morgan fingerprint density at radius 3 is 0.981 bits per heavy atom. The molecule has 0 unspecified atom stereocenters. The minimum absolute atomic E-state index is 0. The third-order valence-corrected chi connectivity index (χ3v) is 6.41. The van der Waals surface area contributed by atoms with Crippen molar-refractivity contribution in [3.8, 4) is 17.2 Å². The Morgan fingerprint density at radius 1 is 0.481 bits per heavy atom. The summed E-state index contributed by atoms with van der Waals surface area (Å²) in [6, 6.07) is 18.2. The van der Waals surface area contributed by atoms with Gasteiger partial charge in [-0.25, -0.2) is 0 Å². The van der Waals surface area contributed by atoms with Crippen LogP contribution in [0.5, 0.6) is 17.2 Å². The van der Waals surface area contributed by atoms with Gasteiger partial charge in [-0.3, -0.25) is 9.59 Å². The molecule has 0 spiro atoms. The van der Waals surface area contributed by atoms with Gasteiger partial charge in [0.2, 0.25) is 0 Å². The molecule has 0 saturated carbocycles. The molecule has 0 fully saturated rings. The first-order valence-corrected chi connectivity index (χ1v) is 15.0. The van der Waals surface area contributed by atoms with Crippen molar-refractivity contribution in [2.75, 3.05) is 13.1 Å². The fourth-order valence-electron chi connectivity index (χ4n) is 3.83. The van der Waals surface area contributed by atoms with Gasteiger partial charge in [0.15, 0.2) is 30.4 Å². The first-order valence-electron chi connectivity index (χ1n) is 15.0. The van der Waals surface area contributed by atoms with Crippen molar-refractivity contribution < 1.29 is 72.0 Å². The van der Waals surface area contributed by atoms with Crippen LogP contribution < -0.4 is 10.6 Å². The topological polar surface area (TPSA) is 240 Å². The van der Waals surface area contributed by atoms with Crippen molar-refractivity contribution in [3.63, 3.8) is 0 Å². The van der Waals surface area contributed by atoms with Crippen LogP contribution in [-0.4, -0.2) is 96.8 Å². The van der Waals surface area contributed by atoms with Crippen LogP contribution in [0.25, 0.3) is 0 Å². The summed E-state index contributed by atoms with van der Waals surface area (Å²) in [5.74, 6) is -0.299. The van der Waals surface area contributed by atoms with Crippen LogP contribution in [0.3, 0.4) is 0 Å². The Morgan fingerprint density at radius 2 is 0.750 bits per heavy atom. The molecular weight excluding hydrogens is 916 g/mol. The van der Waals surface area contributed by atoms with E-state index in [1.54, 1.807) is 73.1 Å². The summed E-state index contributed by atoms with van der Waals surface area (Å²) in [6.07, 6.45) is 12.3. The third-order valence-electron chi connectivity index (χ3n) is 6.41. The molecule has 0 heterocycles. The number of carbonyl (C=O) groups is 2. The smallest absolute Gasteiger partial charge is 0.187 e. The first kappa shape index (κ1) is 47.6. The largest absolute Gasteiger partial charge is 0.507 e. The number of para-hydroxylation sites is 3. The summed E-state index contributed by atoms with van der Waals surface area (Å²) in [4.78, 5) is 22.9. The van der Waals surface area contributed by atoms with Crippen molar-refractivity contribution in [2.45, 2.75) is 18.9 Å². The number of hydrogen-bond donors (Lipinski definition) is 11. The average Bonchev–Trinajstić information content (AvgIpc) is 3.09. The molecule has 0 amide bonds. The van der Waals surface area contributed by atoms with Crippen molar-refractivity contribution in [2.24, 2.45) is 0 Å². The van der Waals surface area contributed by atoms with Crippen LogP contribution in [-0.2, 0) is 26.1 Å². The minimum Gasteiger partial charge on any atom is -0.507 e. The molecule has 0 aromatic heterocycles. The number of phenolic OH excluding ortho intramolecular Hbond substituents is 3. The van der Waals surface area contributed by atoms with E-state index in [1.807, 2.05) is 12.2 Å². The van der Waals surface area contributed by atoms with Crippen LogP contribution in [0.2, 0.25) is 0 Å². The predicted molar refractivity (Wildman–Crippen MR) is 190 cm³/mol. The quantitative estimate of drug-likeness (QED) is 0.0672. The van der Waals surface area contributed by atoms with E-state index in [2.05, 4.69) is 10.6 Å². The van der Waals surface area contributed by atoms with Crippen LogP contribution in [0, 0.1) is 0 Å².